The van der Waals surface area contributed by atoms with Crippen LogP contribution in [0.5, 0.6) is 0 Å². The summed E-state index contributed by atoms with van der Waals surface area (Å²) in [7, 11) is -0.702. The van der Waals surface area contributed by atoms with Gasteiger partial charge < -0.3 is 5.32 Å². The second-order valence-corrected chi connectivity index (χ2v) is 9.49. The van der Waals surface area contributed by atoms with Gasteiger partial charge in [-0.3, -0.25) is 9.36 Å². The van der Waals surface area contributed by atoms with Gasteiger partial charge in [0.25, 0.3) is 0 Å². The van der Waals surface area contributed by atoms with Crippen LogP contribution in [0.3, 0.4) is 0 Å². The minimum atomic E-state index is -3.59. The lowest BCUT2D eigenvalue weighted by molar-refractivity contribution is -0.115. The first-order valence-corrected chi connectivity index (χ1v) is 10.6. The van der Waals surface area contributed by atoms with Gasteiger partial charge in [0.2, 0.25) is 15.9 Å². The third kappa shape index (κ3) is 4.99. The molecule has 1 heterocycles. The van der Waals surface area contributed by atoms with Crippen molar-refractivity contribution in [2.75, 3.05) is 19.4 Å². The number of H-pyrrole nitrogens is 1. The number of hydrogen-bond acceptors (Lipinski definition) is 6. The zero-order chi connectivity index (χ0) is 20.2. The molecule has 0 aliphatic carbocycles. The van der Waals surface area contributed by atoms with E-state index in [9.17, 15) is 18.0 Å². The zero-order valence-electron chi connectivity index (χ0n) is 15.6. The van der Waals surface area contributed by atoms with E-state index >= 15 is 0 Å². The minimum Gasteiger partial charge on any atom is -0.325 e. The molecule has 0 spiro atoms. The van der Waals surface area contributed by atoms with Gasteiger partial charge in [-0.2, -0.15) is 0 Å². The van der Waals surface area contributed by atoms with Crippen molar-refractivity contribution in [1.82, 2.24) is 19.1 Å². The number of aromatic amines is 1. The lowest BCUT2D eigenvalue weighted by Crippen LogP contribution is -2.25. The van der Waals surface area contributed by atoms with E-state index in [4.69, 9.17) is 0 Å². The average Bonchev–Trinajstić information content (AvgIpc) is 2.95. The highest BCUT2D eigenvalue weighted by atomic mass is 32.2. The van der Waals surface area contributed by atoms with Crippen LogP contribution in [-0.2, 0) is 21.4 Å². The fourth-order valence-electron chi connectivity index (χ4n) is 2.21. The van der Waals surface area contributed by atoms with Crippen molar-refractivity contribution >= 4 is 33.4 Å². The van der Waals surface area contributed by atoms with Crippen LogP contribution in [0.1, 0.15) is 20.3 Å². The first kappa shape index (κ1) is 21.2. The molecule has 1 aromatic carbocycles. The van der Waals surface area contributed by atoms with Crippen molar-refractivity contribution in [2.45, 2.75) is 42.1 Å². The Morgan fingerprint density at radius 2 is 2.11 bits per heavy atom. The van der Waals surface area contributed by atoms with Gasteiger partial charge in [-0.15, -0.1) is 5.10 Å². The largest absolute Gasteiger partial charge is 0.343 e. The molecule has 0 radical (unpaired) electrons. The van der Waals surface area contributed by atoms with E-state index in [0.29, 0.717) is 17.4 Å². The summed E-state index contributed by atoms with van der Waals surface area (Å²) < 4.78 is 27.0. The van der Waals surface area contributed by atoms with Crippen molar-refractivity contribution in [3.05, 3.63) is 34.7 Å². The first-order chi connectivity index (χ1) is 12.7. The van der Waals surface area contributed by atoms with Gasteiger partial charge in [-0.1, -0.05) is 24.8 Å². The number of nitrogens with zero attached hydrogens (tertiary/aromatic N) is 3. The molecule has 2 rings (SSSR count). The second-order valence-electron chi connectivity index (χ2n) is 6.03. The molecule has 1 atom stereocenters. The molecule has 9 nitrogen and oxygen atoms in total. The maximum absolute atomic E-state index is 12.5. The summed E-state index contributed by atoms with van der Waals surface area (Å²) in [5.74, 6) is -0.321. The summed E-state index contributed by atoms with van der Waals surface area (Å²) in [6.45, 7) is 4.14. The number of carbonyl (C=O) groups excluding carboxylic acids is 1. The van der Waals surface area contributed by atoms with Crippen molar-refractivity contribution in [2.24, 2.45) is 0 Å². The molecule has 11 heteroatoms. The number of benzene rings is 1. The van der Waals surface area contributed by atoms with E-state index in [1.807, 2.05) is 6.92 Å². The number of hydrogen-bond donors (Lipinski definition) is 2. The molecule has 1 amide bonds. The Labute approximate surface area is 162 Å². The Hall–Kier alpha value is -2.11. The van der Waals surface area contributed by atoms with Gasteiger partial charge >= 0.3 is 5.69 Å². The van der Waals surface area contributed by atoms with E-state index in [2.05, 4.69) is 15.5 Å². The second kappa shape index (κ2) is 8.72. The zero-order valence-corrected chi connectivity index (χ0v) is 17.2. The summed E-state index contributed by atoms with van der Waals surface area (Å²) in [6.07, 6.45) is 0.765. The van der Waals surface area contributed by atoms with E-state index in [1.165, 1.54) is 30.8 Å². The average molecular weight is 414 g/mol. The molecule has 2 N–H and O–H groups in total. The van der Waals surface area contributed by atoms with E-state index in [-0.39, 0.29) is 16.5 Å². The van der Waals surface area contributed by atoms with Gasteiger partial charge in [0, 0.05) is 26.3 Å². The molecule has 0 aliphatic rings. The van der Waals surface area contributed by atoms with E-state index in [1.54, 1.807) is 19.1 Å². The predicted molar refractivity (Wildman–Crippen MR) is 104 cm³/mol. The molecular formula is C16H23N5O4S2. The van der Waals surface area contributed by atoms with Crippen LogP contribution < -0.4 is 11.0 Å². The molecule has 0 saturated heterocycles. The quantitative estimate of drug-likeness (QED) is 0.631. The molecule has 0 saturated carbocycles. The van der Waals surface area contributed by atoms with E-state index < -0.39 is 15.3 Å². The molecule has 0 bridgehead atoms. The van der Waals surface area contributed by atoms with Crippen molar-refractivity contribution in [1.29, 1.82) is 0 Å². The number of aromatic nitrogens is 3. The number of sulfonamides is 1. The van der Waals surface area contributed by atoms with Crippen LogP contribution in [0.25, 0.3) is 0 Å². The van der Waals surface area contributed by atoms with Gasteiger partial charge in [-0.25, -0.2) is 22.6 Å². The Bertz CT molecular complexity index is 965. The number of rotatable bonds is 8. The summed E-state index contributed by atoms with van der Waals surface area (Å²) >= 11 is 1.16. The number of anilines is 1. The van der Waals surface area contributed by atoms with Crippen LogP contribution in [-0.4, -0.2) is 52.7 Å². The van der Waals surface area contributed by atoms with Crippen LogP contribution in [0.4, 0.5) is 5.69 Å². The minimum absolute atomic E-state index is 0.0923. The van der Waals surface area contributed by atoms with Crippen LogP contribution >= 0.6 is 11.8 Å². The Morgan fingerprint density at radius 1 is 1.41 bits per heavy atom. The summed E-state index contributed by atoms with van der Waals surface area (Å²) in [4.78, 5) is 24.3. The molecule has 0 unspecified atom stereocenters. The number of nitrogens with one attached hydrogen (secondary N) is 2. The lowest BCUT2D eigenvalue weighted by Gasteiger charge is -2.14. The lowest BCUT2D eigenvalue weighted by atomic mass is 10.3. The summed E-state index contributed by atoms with van der Waals surface area (Å²) in [5, 5.41) is 8.94. The molecule has 0 aliphatic heterocycles. The molecule has 1 aromatic heterocycles. The van der Waals surface area contributed by atoms with Crippen LogP contribution in [0.2, 0.25) is 0 Å². The maximum Gasteiger partial charge on any atom is 0.343 e. The highest BCUT2D eigenvalue weighted by Gasteiger charge is 2.21. The van der Waals surface area contributed by atoms with E-state index in [0.717, 1.165) is 22.5 Å². The highest BCUT2D eigenvalue weighted by Crippen LogP contribution is 2.23. The third-order valence-corrected chi connectivity index (χ3v) is 6.60. The summed E-state index contributed by atoms with van der Waals surface area (Å²) in [5.41, 5.74) is 0.0666. The van der Waals surface area contributed by atoms with Gasteiger partial charge in [0.15, 0.2) is 5.16 Å². The Balaban J connectivity index is 2.12. The normalized spacial score (nSPS) is 12.9. The van der Waals surface area contributed by atoms with Crippen molar-refractivity contribution in [3.63, 3.8) is 0 Å². The van der Waals surface area contributed by atoms with Crippen LogP contribution in [0, 0.1) is 0 Å². The third-order valence-electron chi connectivity index (χ3n) is 3.70. The fraction of sp³-hybridized carbons (Fsp3) is 0.438. The maximum atomic E-state index is 12.5. The van der Waals surface area contributed by atoms with Gasteiger partial charge in [0.05, 0.1) is 10.1 Å². The first-order valence-electron chi connectivity index (χ1n) is 8.32. The predicted octanol–water partition coefficient (Wildman–Crippen LogP) is 1.35. The monoisotopic (exact) mass is 413 g/mol. The molecule has 148 valence electrons. The SMILES string of the molecule is CCCn1c(S[C@H](C)C(=O)Nc2cccc(S(=O)(=O)N(C)C)c2)n[nH]c1=O. The smallest absolute Gasteiger partial charge is 0.325 e. The molecule has 27 heavy (non-hydrogen) atoms. The Kier molecular flexibility index (Phi) is 6.84. The molecular weight excluding hydrogens is 390 g/mol. The summed E-state index contributed by atoms with van der Waals surface area (Å²) in [6, 6.07) is 6.06. The molecule has 0 fully saturated rings. The molecule has 2 aromatic rings. The fourth-order valence-corrected chi connectivity index (χ4v) is 4.04. The highest BCUT2D eigenvalue weighted by molar-refractivity contribution is 8.00. The number of amides is 1. The number of carbonyl (C=O) groups is 1. The van der Waals surface area contributed by atoms with Crippen molar-refractivity contribution < 1.29 is 13.2 Å². The Morgan fingerprint density at radius 3 is 2.74 bits per heavy atom. The van der Waals surface area contributed by atoms with Gasteiger partial charge in [0.1, 0.15) is 0 Å². The number of thioether (sulfide) groups is 1. The van der Waals surface area contributed by atoms with Gasteiger partial charge in [-0.05, 0) is 31.5 Å². The van der Waals surface area contributed by atoms with Crippen molar-refractivity contribution in [3.8, 4) is 0 Å². The topological polar surface area (TPSA) is 117 Å². The standard InChI is InChI=1S/C16H23N5O4S2/c1-5-9-21-15(23)18-19-16(21)26-11(2)14(22)17-12-7-6-8-13(10-12)27(24,25)20(3)4/h6-8,10-11H,5,9H2,1-4H3,(H,17,22)(H,18,23)/t11-/m1/s1. The van der Waals surface area contributed by atoms with Crippen LogP contribution in [0.15, 0.2) is 39.1 Å².